The highest BCUT2D eigenvalue weighted by molar-refractivity contribution is 5.82. The summed E-state index contributed by atoms with van der Waals surface area (Å²) in [6, 6.07) is 0. The van der Waals surface area contributed by atoms with Gasteiger partial charge in [-0.3, -0.25) is 4.99 Å². The molecule has 80 valence electrons. The lowest BCUT2D eigenvalue weighted by Crippen LogP contribution is -2.30. The molecule has 2 unspecified atom stereocenters. The summed E-state index contributed by atoms with van der Waals surface area (Å²) in [4.78, 5) is 4.51. The quantitative estimate of drug-likeness (QED) is 0.718. The first-order valence-corrected chi connectivity index (χ1v) is 6.12. The molecule has 2 rings (SSSR count). The van der Waals surface area contributed by atoms with Gasteiger partial charge >= 0.3 is 0 Å². The van der Waals surface area contributed by atoms with Crippen LogP contribution in [0.15, 0.2) is 4.99 Å². The van der Waals surface area contributed by atoms with Crippen LogP contribution in [-0.2, 0) is 0 Å². The van der Waals surface area contributed by atoms with Crippen LogP contribution in [0.2, 0.25) is 0 Å². The first-order chi connectivity index (χ1) is 6.84. The van der Waals surface area contributed by atoms with E-state index in [-0.39, 0.29) is 0 Å². The Morgan fingerprint density at radius 3 is 2.93 bits per heavy atom. The summed E-state index contributed by atoms with van der Waals surface area (Å²) in [5.74, 6) is 3.14. The van der Waals surface area contributed by atoms with Gasteiger partial charge < -0.3 is 5.32 Å². The SMILES string of the molecule is CC1CCC(CNC2=NCCCC2)C1. The topological polar surface area (TPSA) is 24.4 Å². The van der Waals surface area contributed by atoms with E-state index in [0.29, 0.717) is 0 Å². The zero-order valence-electron chi connectivity index (χ0n) is 9.26. The van der Waals surface area contributed by atoms with Gasteiger partial charge in [0.1, 0.15) is 0 Å². The maximum atomic E-state index is 4.51. The summed E-state index contributed by atoms with van der Waals surface area (Å²) in [6.45, 7) is 4.59. The minimum absolute atomic E-state index is 0.912. The van der Waals surface area contributed by atoms with Gasteiger partial charge in [-0.1, -0.05) is 13.3 Å². The Morgan fingerprint density at radius 2 is 2.29 bits per heavy atom. The Hall–Kier alpha value is -0.530. The van der Waals surface area contributed by atoms with E-state index >= 15 is 0 Å². The molecule has 0 spiro atoms. The maximum absolute atomic E-state index is 4.51. The van der Waals surface area contributed by atoms with E-state index in [0.717, 1.165) is 18.4 Å². The fourth-order valence-corrected chi connectivity index (χ4v) is 2.61. The smallest absolute Gasteiger partial charge is 0.0963 e. The zero-order valence-corrected chi connectivity index (χ0v) is 9.26. The highest BCUT2D eigenvalue weighted by Crippen LogP contribution is 2.29. The van der Waals surface area contributed by atoms with Crippen LogP contribution >= 0.6 is 0 Å². The number of hydrogen-bond donors (Lipinski definition) is 1. The predicted molar refractivity (Wildman–Crippen MR) is 60.7 cm³/mol. The van der Waals surface area contributed by atoms with Crippen molar-refractivity contribution in [3.8, 4) is 0 Å². The minimum Gasteiger partial charge on any atom is -0.374 e. The highest BCUT2D eigenvalue weighted by atomic mass is 15.0. The lowest BCUT2D eigenvalue weighted by Gasteiger charge is -2.16. The second-order valence-corrected chi connectivity index (χ2v) is 4.95. The summed E-state index contributed by atoms with van der Waals surface area (Å²) in [5, 5.41) is 3.53. The van der Waals surface area contributed by atoms with Gasteiger partial charge in [-0.25, -0.2) is 0 Å². The van der Waals surface area contributed by atoms with E-state index in [1.807, 2.05) is 0 Å². The van der Waals surface area contributed by atoms with Crippen LogP contribution in [-0.4, -0.2) is 18.9 Å². The van der Waals surface area contributed by atoms with Crippen molar-refractivity contribution >= 4 is 5.84 Å². The van der Waals surface area contributed by atoms with E-state index in [1.54, 1.807) is 0 Å². The van der Waals surface area contributed by atoms with Gasteiger partial charge in [0, 0.05) is 19.5 Å². The van der Waals surface area contributed by atoms with E-state index in [2.05, 4.69) is 17.2 Å². The van der Waals surface area contributed by atoms with Crippen molar-refractivity contribution in [3.05, 3.63) is 0 Å². The summed E-state index contributed by atoms with van der Waals surface area (Å²) in [6.07, 6.45) is 8.06. The molecule has 0 saturated heterocycles. The summed E-state index contributed by atoms with van der Waals surface area (Å²) in [5.41, 5.74) is 0. The van der Waals surface area contributed by atoms with Crippen LogP contribution in [0.4, 0.5) is 0 Å². The van der Waals surface area contributed by atoms with Gasteiger partial charge in [0.25, 0.3) is 0 Å². The van der Waals surface area contributed by atoms with Crippen molar-refractivity contribution in [2.45, 2.75) is 45.4 Å². The zero-order chi connectivity index (χ0) is 9.80. The second kappa shape index (κ2) is 4.81. The van der Waals surface area contributed by atoms with Gasteiger partial charge in [0.2, 0.25) is 0 Å². The fraction of sp³-hybridized carbons (Fsp3) is 0.917. The molecule has 0 aromatic rings. The minimum atomic E-state index is 0.912. The Balaban J connectivity index is 1.69. The van der Waals surface area contributed by atoms with Gasteiger partial charge in [-0.05, 0) is 37.5 Å². The average Bonchev–Trinajstić information content (AvgIpc) is 2.63. The molecule has 2 aliphatic rings. The van der Waals surface area contributed by atoms with Crippen molar-refractivity contribution in [1.82, 2.24) is 5.32 Å². The Bertz CT molecular complexity index is 210. The van der Waals surface area contributed by atoms with E-state index in [9.17, 15) is 0 Å². The molecule has 2 atom stereocenters. The Labute approximate surface area is 87.2 Å². The van der Waals surface area contributed by atoms with Crippen molar-refractivity contribution < 1.29 is 0 Å². The van der Waals surface area contributed by atoms with Crippen molar-refractivity contribution in [1.29, 1.82) is 0 Å². The molecule has 1 aliphatic heterocycles. The molecule has 1 aliphatic carbocycles. The van der Waals surface area contributed by atoms with Crippen LogP contribution in [0.5, 0.6) is 0 Å². The van der Waals surface area contributed by atoms with Crippen molar-refractivity contribution in [2.75, 3.05) is 13.1 Å². The molecule has 1 N–H and O–H groups in total. The van der Waals surface area contributed by atoms with Crippen LogP contribution in [0.25, 0.3) is 0 Å². The molecular weight excluding hydrogens is 172 g/mol. The van der Waals surface area contributed by atoms with Crippen molar-refractivity contribution in [2.24, 2.45) is 16.8 Å². The summed E-state index contributed by atoms with van der Waals surface area (Å²) < 4.78 is 0. The molecule has 0 amide bonds. The molecule has 14 heavy (non-hydrogen) atoms. The largest absolute Gasteiger partial charge is 0.374 e. The van der Waals surface area contributed by atoms with Crippen LogP contribution < -0.4 is 5.32 Å². The molecule has 1 fully saturated rings. The van der Waals surface area contributed by atoms with Crippen LogP contribution in [0, 0.1) is 11.8 Å². The molecule has 0 radical (unpaired) electrons. The van der Waals surface area contributed by atoms with Gasteiger partial charge in [-0.2, -0.15) is 0 Å². The third-order valence-corrected chi connectivity index (χ3v) is 3.52. The first-order valence-electron chi connectivity index (χ1n) is 6.12. The average molecular weight is 194 g/mol. The highest BCUT2D eigenvalue weighted by Gasteiger charge is 2.21. The van der Waals surface area contributed by atoms with Gasteiger partial charge in [-0.15, -0.1) is 0 Å². The second-order valence-electron chi connectivity index (χ2n) is 4.95. The van der Waals surface area contributed by atoms with E-state index in [4.69, 9.17) is 0 Å². The number of nitrogens with one attached hydrogen (secondary N) is 1. The van der Waals surface area contributed by atoms with Crippen molar-refractivity contribution in [3.63, 3.8) is 0 Å². The molecule has 2 heteroatoms. The third kappa shape index (κ3) is 2.73. The number of aliphatic imine (C=N–C) groups is 1. The van der Waals surface area contributed by atoms with Gasteiger partial charge in [0.05, 0.1) is 5.84 Å². The number of amidine groups is 1. The summed E-state index contributed by atoms with van der Waals surface area (Å²) in [7, 11) is 0. The molecule has 0 aromatic carbocycles. The Kier molecular flexibility index (Phi) is 3.44. The number of hydrogen-bond acceptors (Lipinski definition) is 2. The molecule has 1 heterocycles. The molecule has 0 aromatic heterocycles. The normalized spacial score (nSPS) is 32.8. The lowest BCUT2D eigenvalue weighted by molar-refractivity contribution is 0.502. The lowest BCUT2D eigenvalue weighted by atomic mass is 10.1. The number of nitrogens with zero attached hydrogens (tertiary/aromatic N) is 1. The fourth-order valence-electron chi connectivity index (χ4n) is 2.61. The van der Waals surface area contributed by atoms with Crippen LogP contribution in [0.3, 0.4) is 0 Å². The van der Waals surface area contributed by atoms with Gasteiger partial charge in [0.15, 0.2) is 0 Å². The third-order valence-electron chi connectivity index (χ3n) is 3.52. The standard InChI is InChI=1S/C12H22N2/c1-10-5-6-11(8-10)9-14-12-4-2-3-7-13-12/h10-11H,2-9H2,1H3,(H,13,14). The molecular formula is C12H22N2. The molecule has 2 nitrogen and oxygen atoms in total. The first kappa shape index (κ1) is 10.0. The Morgan fingerprint density at radius 1 is 1.36 bits per heavy atom. The van der Waals surface area contributed by atoms with Crippen LogP contribution in [0.1, 0.15) is 45.4 Å². The molecule has 0 bridgehead atoms. The summed E-state index contributed by atoms with van der Waals surface area (Å²) >= 11 is 0. The molecule has 1 saturated carbocycles. The monoisotopic (exact) mass is 194 g/mol. The van der Waals surface area contributed by atoms with E-state index < -0.39 is 0 Å². The van der Waals surface area contributed by atoms with E-state index in [1.165, 1.54) is 50.9 Å². The maximum Gasteiger partial charge on any atom is 0.0963 e. The predicted octanol–water partition coefficient (Wildman–Crippen LogP) is 2.59. The number of rotatable bonds is 2.